The van der Waals surface area contributed by atoms with Gasteiger partial charge in [-0.2, -0.15) is 0 Å². The zero-order valence-electron chi connectivity index (χ0n) is 12.1. The van der Waals surface area contributed by atoms with Crippen molar-refractivity contribution in [1.82, 2.24) is 19.9 Å². The molecule has 0 atom stereocenters. The van der Waals surface area contributed by atoms with Crippen molar-refractivity contribution in [2.24, 2.45) is 10.7 Å². The number of imidazole rings is 1. The second kappa shape index (κ2) is 7.21. The number of nitrogens with two attached hydrogens (primary N) is 1. The smallest absolute Gasteiger partial charge is 0.188 e. The third kappa shape index (κ3) is 3.35. The first-order valence-electron chi connectivity index (χ1n) is 6.61. The van der Waals surface area contributed by atoms with Crippen LogP contribution in [-0.4, -0.2) is 27.5 Å². The molecule has 0 bridgehead atoms. The van der Waals surface area contributed by atoms with Gasteiger partial charge in [0.25, 0.3) is 0 Å². The molecule has 0 fully saturated rings. The molecular weight excluding hydrogens is 391 g/mol. The van der Waals surface area contributed by atoms with Gasteiger partial charge in [-0.15, -0.1) is 24.0 Å². The number of aliphatic imine (C=N–C) groups is 1. The molecular formula is C15H17IN6. The summed E-state index contributed by atoms with van der Waals surface area (Å²) in [5, 5.41) is 3.00. The fraction of sp³-hybridized carbons (Fsp3) is 0.133. The van der Waals surface area contributed by atoms with Crippen LogP contribution in [0.3, 0.4) is 0 Å². The number of fused-ring (bicyclic) bond motifs is 1. The number of guanidine groups is 1. The van der Waals surface area contributed by atoms with E-state index in [1.54, 1.807) is 13.4 Å². The van der Waals surface area contributed by atoms with Crippen LogP contribution in [0.4, 0.5) is 0 Å². The molecule has 22 heavy (non-hydrogen) atoms. The molecule has 7 heteroatoms. The van der Waals surface area contributed by atoms with Gasteiger partial charge in [-0.1, -0.05) is 18.2 Å². The standard InChI is InChI=1S/C15H16N6.HI/c1-17-15(16)19-9-11-6-7-14(18-8-11)21-10-20-12-4-2-3-5-13(12)21;/h2-8,10H,9H2,1H3,(H3,16,17,19);1H. The minimum absolute atomic E-state index is 0. The molecule has 0 unspecified atom stereocenters. The molecule has 2 heterocycles. The zero-order valence-corrected chi connectivity index (χ0v) is 14.4. The predicted molar refractivity (Wildman–Crippen MR) is 98.7 cm³/mol. The average molecular weight is 408 g/mol. The van der Waals surface area contributed by atoms with Crippen LogP contribution in [0, 0.1) is 0 Å². The molecule has 0 saturated heterocycles. The van der Waals surface area contributed by atoms with Gasteiger partial charge in [-0.25, -0.2) is 9.97 Å². The van der Waals surface area contributed by atoms with Crippen molar-refractivity contribution in [2.45, 2.75) is 6.54 Å². The van der Waals surface area contributed by atoms with E-state index in [1.165, 1.54) is 0 Å². The van der Waals surface area contributed by atoms with Crippen molar-refractivity contribution in [2.75, 3.05) is 7.05 Å². The topological polar surface area (TPSA) is 81.1 Å². The Labute approximate surface area is 145 Å². The second-order valence-corrected chi connectivity index (χ2v) is 4.59. The van der Waals surface area contributed by atoms with Gasteiger partial charge in [0.05, 0.1) is 11.0 Å². The van der Waals surface area contributed by atoms with Crippen molar-refractivity contribution in [3.05, 3.63) is 54.5 Å². The van der Waals surface area contributed by atoms with Gasteiger partial charge in [-0.3, -0.25) is 9.56 Å². The maximum atomic E-state index is 5.60. The van der Waals surface area contributed by atoms with Gasteiger partial charge in [0.1, 0.15) is 12.1 Å². The van der Waals surface area contributed by atoms with E-state index < -0.39 is 0 Å². The molecule has 3 aromatic rings. The van der Waals surface area contributed by atoms with Crippen LogP contribution in [0.15, 0.2) is 53.9 Å². The highest BCUT2D eigenvalue weighted by atomic mass is 127. The molecule has 0 aliphatic heterocycles. The number of hydrogen-bond donors (Lipinski definition) is 2. The molecule has 0 spiro atoms. The molecule has 1 aromatic carbocycles. The minimum atomic E-state index is 0. The number of aromatic nitrogens is 3. The quantitative estimate of drug-likeness (QED) is 0.395. The van der Waals surface area contributed by atoms with Crippen molar-refractivity contribution < 1.29 is 0 Å². The summed E-state index contributed by atoms with van der Waals surface area (Å²) < 4.78 is 1.97. The van der Waals surface area contributed by atoms with Gasteiger partial charge in [-0.05, 0) is 23.8 Å². The summed E-state index contributed by atoms with van der Waals surface area (Å²) >= 11 is 0. The molecule has 114 valence electrons. The van der Waals surface area contributed by atoms with E-state index in [2.05, 4.69) is 20.3 Å². The first kappa shape index (κ1) is 16.2. The highest BCUT2D eigenvalue weighted by Gasteiger charge is 2.04. The number of pyridine rings is 1. The molecule has 3 N–H and O–H groups in total. The lowest BCUT2D eigenvalue weighted by Crippen LogP contribution is -2.30. The first-order chi connectivity index (χ1) is 10.3. The molecule has 0 amide bonds. The van der Waals surface area contributed by atoms with Gasteiger partial charge in [0.15, 0.2) is 5.96 Å². The van der Waals surface area contributed by atoms with Crippen LogP contribution >= 0.6 is 24.0 Å². The molecule has 0 aliphatic rings. The van der Waals surface area contributed by atoms with E-state index in [0.29, 0.717) is 12.5 Å². The van der Waals surface area contributed by atoms with Gasteiger partial charge in [0, 0.05) is 19.8 Å². The number of benzene rings is 1. The van der Waals surface area contributed by atoms with E-state index in [1.807, 2.05) is 47.2 Å². The van der Waals surface area contributed by atoms with Gasteiger partial charge in [0.2, 0.25) is 0 Å². The maximum Gasteiger partial charge on any atom is 0.188 e. The number of hydrogen-bond acceptors (Lipinski definition) is 3. The molecule has 0 radical (unpaired) electrons. The summed E-state index contributed by atoms with van der Waals surface area (Å²) in [5.41, 5.74) is 8.63. The molecule has 6 nitrogen and oxygen atoms in total. The summed E-state index contributed by atoms with van der Waals surface area (Å²) in [6.45, 7) is 0.598. The van der Waals surface area contributed by atoms with E-state index in [9.17, 15) is 0 Å². The SMILES string of the molecule is CN=C(N)NCc1ccc(-n2cnc3ccccc32)nc1.I. The van der Waals surface area contributed by atoms with Crippen molar-refractivity contribution >= 4 is 41.0 Å². The van der Waals surface area contributed by atoms with Gasteiger partial charge >= 0.3 is 0 Å². The van der Waals surface area contributed by atoms with E-state index >= 15 is 0 Å². The highest BCUT2D eigenvalue weighted by molar-refractivity contribution is 14.0. The van der Waals surface area contributed by atoms with E-state index in [-0.39, 0.29) is 24.0 Å². The Balaban J connectivity index is 0.00000176. The fourth-order valence-electron chi connectivity index (χ4n) is 2.08. The summed E-state index contributed by atoms with van der Waals surface area (Å²) in [4.78, 5) is 12.7. The van der Waals surface area contributed by atoms with Crippen LogP contribution in [-0.2, 0) is 6.54 Å². The molecule has 2 aromatic heterocycles. The number of rotatable bonds is 3. The van der Waals surface area contributed by atoms with Gasteiger partial charge < -0.3 is 11.1 Å². The predicted octanol–water partition coefficient (Wildman–Crippen LogP) is 2.07. The third-order valence-electron chi connectivity index (χ3n) is 3.22. The zero-order chi connectivity index (χ0) is 14.7. The Hall–Kier alpha value is -2.16. The first-order valence-corrected chi connectivity index (χ1v) is 6.61. The summed E-state index contributed by atoms with van der Waals surface area (Å²) in [6, 6.07) is 11.9. The lowest BCUT2D eigenvalue weighted by atomic mass is 10.2. The van der Waals surface area contributed by atoms with Crippen LogP contribution in [0.2, 0.25) is 0 Å². The fourth-order valence-corrected chi connectivity index (χ4v) is 2.08. The Morgan fingerprint density at radius 2 is 2.05 bits per heavy atom. The molecule has 3 rings (SSSR count). The maximum absolute atomic E-state index is 5.60. The Morgan fingerprint density at radius 3 is 2.77 bits per heavy atom. The van der Waals surface area contributed by atoms with Crippen LogP contribution in [0.5, 0.6) is 0 Å². The lowest BCUT2D eigenvalue weighted by molar-refractivity contribution is 0.887. The summed E-state index contributed by atoms with van der Waals surface area (Å²) in [6.07, 6.45) is 3.60. The third-order valence-corrected chi connectivity index (χ3v) is 3.22. The highest BCUT2D eigenvalue weighted by Crippen LogP contribution is 2.16. The number of halogens is 1. The van der Waals surface area contributed by atoms with Crippen molar-refractivity contribution in [3.63, 3.8) is 0 Å². The number of para-hydroxylation sites is 2. The Bertz CT molecular complexity index is 778. The van der Waals surface area contributed by atoms with E-state index in [4.69, 9.17) is 5.73 Å². The number of nitrogens with one attached hydrogen (secondary N) is 1. The minimum Gasteiger partial charge on any atom is -0.370 e. The summed E-state index contributed by atoms with van der Waals surface area (Å²) in [5.74, 6) is 1.25. The van der Waals surface area contributed by atoms with Crippen LogP contribution in [0.25, 0.3) is 16.9 Å². The lowest BCUT2D eigenvalue weighted by Gasteiger charge is -2.07. The molecule has 0 aliphatic carbocycles. The Kier molecular flexibility index (Phi) is 5.31. The average Bonchev–Trinajstić information content (AvgIpc) is 2.97. The van der Waals surface area contributed by atoms with Crippen molar-refractivity contribution in [3.8, 4) is 5.82 Å². The van der Waals surface area contributed by atoms with Crippen LogP contribution in [0.1, 0.15) is 5.56 Å². The second-order valence-electron chi connectivity index (χ2n) is 4.59. The molecule has 0 saturated carbocycles. The van der Waals surface area contributed by atoms with E-state index in [0.717, 1.165) is 22.4 Å². The Morgan fingerprint density at radius 1 is 1.23 bits per heavy atom. The largest absolute Gasteiger partial charge is 0.370 e. The van der Waals surface area contributed by atoms with Crippen molar-refractivity contribution in [1.29, 1.82) is 0 Å². The normalized spacial score (nSPS) is 11.2. The monoisotopic (exact) mass is 408 g/mol. The summed E-state index contributed by atoms with van der Waals surface area (Å²) in [7, 11) is 1.65. The number of nitrogens with zero attached hydrogens (tertiary/aromatic N) is 4. The van der Waals surface area contributed by atoms with Crippen LogP contribution < -0.4 is 11.1 Å².